The van der Waals surface area contributed by atoms with Crippen molar-refractivity contribution >= 4 is 35.6 Å². The summed E-state index contributed by atoms with van der Waals surface area (Å²) in [5, 5.41) is 14.5. The van der Waals surface area contributed by atoms with Crippen LogP contribution in [0.25, 0.3) is 0 Å². The van der Waals surface area contributed by atoms with Gasteiger partial charge in [0.25, 0.3) is 5.69 Å². The van der Waals surface area contributed by atoms with E-state index in [1.165, 1.54) is 17.2 Å². The van der Waals surface area contributed by atoms with E-state index in [1.807, 2.05) is 19.1 Å². The van der Waals surface area contributed by atoms with Gasteiger partial charge in [-0.1, -0.05) is 42.5 Å². The highest BCUT2D eigenvalue weighted by Crippen LogP contribution is 2.25. The number of nitrogens with zero attached hydrogens (tertiary/aromatic N) is 3. The number of nitro groups is 1. The zero-order chi connectivity index (χ0) is 19.9. The fourth-order valence-electron chi connectivity index (χ4n) is 3.39. The third kappa shape index (κ3) is 5.89. The molecule has 0 bridgehead atoms. The normalized spacial score (nSPS) is 16.8. The Morgan fingerprint density at radius 2 is 2.00 bits per heavy atom. The Balaban J connectivity index is 0.00000300. The lowest BCUT2D eigenvalue weighted by molar-refractivity contribution is -0.385. The lowest BCUT2D eigenvalue weighted by Crippen LogP contribution is -2.48. The maximum absolute atomic E-state index is 11.2. The van der Waals surface area contributed by atoms with Gasteiger partial charge in [0.1, 0.15) is 6.10 Å². The van der Waals surface area contributed by atoms with E-state index in [0.29, 0.717) is 18.7 Å². The first-order chi connectivity index (χ1) is 13.6. The van der Waals surface area contributed by atoms with Gasteiger partial charge < -0.3 is 15.0 Å². The number of morpholine rings is 1. The van der Waals surface area contributed by atoms with E-state index in [0.717, 1.165) is 19.0 Å². The number of aliphatic imine (C=N–C) groups is 1. The maximum Gasteiger partial charge on any atom is 0.274 e. The summed E-state index contributed by atoms with van der Waals surface area (Å²) in [6.45, 7) is 7.10. The molecule has 7 nitrogen and oxygen atoms in total. The number of aryl methyl sites for hydroxylation is 1. The minimum atomic E-state index is -0.360. The number of hydrogen-bond acceptors (Lipinski definition) is 4. The molecule has 1 N–H and O–H groups in total. The summed E-state index contributed by atoms with van der Waals surface area (Å²) >= 11 is 0. The lowest BCUT2D eigenvalue weighted by Gasteiger charge is -2.35. The van der Waals surface area contributed by atoms with Crippen LogP contribution in [-0.4, -0.2) is 42.0 Å². The Labute approximate surface area is 188 Å². The van der Waals surface area contributed by atoms with Crippen LogP contribution in [-0.2, 0) is 11.3 Å². The summed E-state index contributed by atoms with van der Waals surface area (Å²) in [4.78, 5) is 17.7. The van der Waals surface area contributed by atoms with Gasteiger partial charge in [0, 0.05) is 19.2 Å². The molecular weight excluding hydrogens is 483 g/mol. The topological polar surface area (TPSA) is 80.0 Å². The molecule has 3 rings (SSSR count). The van der Waals surface area contributed by atoms with E-state index in [4.69, 9.17) is 4.74 Å². The third-order valence-corrected chi connectivity index (χ3v) is 4.82. The number of halogens is 1. The van der Waals surface area contributed by atoms with Crippen LogP contribution in [0.5, 0.6) is 0 Å². The van der Waals surface area contributed by atoms with Gasteiger partial charge in [-0.2, -0.15) is 0 Å². The first-order valence-electron chi connectivity index (χ1n) is 9.52. The van der Waals surface area contributed by atoms with Crippen molar-refractivity contribution in [1.82, 2.24) is 10.2 Å². The number of guanidine groups is 1. The number of nitro benzene ring substituents is 1. The van der Waals surface area contributed by atoms with Crippen LogP contribution in [0.3, 0.4) is 0 Å². The third-order valence-electron chi connectivity index (χ3n) is 4.82. The van der Waals surface area contributed by atoms with Crippen LogP contribution >= 0.6 is 24.0 Å². The molecule has 2 aromatic carbocycles. The van der Waals surface area contributed by atoms with Crippen molar-refractivity contribution in [3.63, 3.8) is 0 Å². The second-order valence-electron chi connectivity index (χ2n) is 6.72. The molecule has 8 heteroatoms. The summed E-state index contributed by atoms with van der Waals surface area (Å²) < 4.78 is 6.00. The average Bonchev–Trinajstić information content (AvgIpc) is 2.71. The molecule has 2 aromatic rings. The van der Waals surface area contributed by atoms with Gasteiger partial charge in [-0.25, -0.2) is 4.99 Å². The van der Waals surface area contributed by atoms with E-state index in [2.05, 4.69) is 34.3 Å². The smallest absolute Gasteiger partial charge is 0.274 e. The molecule has 0 amide bonds. The second-order valence-corrected chi connectivity index (χ2v) is 6.72. The van der Waals surface area contributed by atoms with Gasteiger partial charge >= 0.3 is 0 Å². The van der Waals surface area contributed by atoms with Crippen LogP contribution in [0.1, 0.15) is 29.7 Å². The lowest BCUT2D eigenvalue weighted by atomic mass is 10.0. The molecular formula is C21H27IN4O3. The highest BCUT2D eigenvalue weighted by Gasteiger charge is 2.25. The summed E-state index contributed by atoms with van der Waals surface area (Å²) in [6.07, 6.45) is -0.0233. The van der Waals surface area contributed by atoms with Gasteiger partial charge in [0.15, 0.2) is 5.96 Å². The monoisotopic (exact) mass is 510 g/mol. The first kappa shape index (κ1) is 23.1. The van der Waals surface area contributed by atoms with Gasteiger partial charge in [0.05, 0.1) is 30.2 Å². The Bertz CT molecular complexity index is 859. The Morgan fingerprint density at radius 1 is 1.28 bits per heavy atom. The first-order valence-corrected chi connectivity index (χ1v) is 9.52. The summed E-state index contributed by atoms with van der Waals surface area (Å²) in [5.41, 5.74) is 3.09. The molecule has 1 aliphatic heterocycles. The standard InChI is InChI=1S/C21H26N4O3.HI/c1-3-22-21(23-14-17-9-5-7-11-19(17)25(26)27)24-12-13-28-20(15-24)18-10-6-4-8-16(18)2;/h4-11,20H,3,12-15H2,1-2H3,(H,22,23);1H. The van der Waals surface area contributed by atoms with Crippen LogP contribution < -0.4 is 5.32 Å². The maximum atomic E-state index is 11.2. The number of benzene rings is 2. The summed E-state index contributed by atoms with van der Waals surface area (Å²) in [6, 6.07) is 15.0. The fourth-order valence-corrected chi connectivity index (χ4v) is 3.39. The minimum Gasteiger partial charge on any atom is -0.370 e. The van der Waals surface area contributed by atoms with Crippen molar-refractivity contribution < 1.29 is 9.66 Å². The quantitative estimate of drug-likeness (QED) is 0.216. The van der Waals surface area contributed by atoms with Gasteiger partial charge in [-0.3, -0.25) is 10.1 Å². The van der Waals surface area contributed by atoms with Gasteiger partial charge in [0.2, 0.25) is 0 Å². The Kier molecular flexibility index (Phi) is 8.84. The number of rotatable bonds is 5. The van der Waals surface area contributed by atoms with Crippen molar-refractivity contribution in [2.45, 2.75) is 26.5 Å². The summed E-state index contributed by atoms with van der Waals surface area (Å²) in [5.74, 6) is 0.752. The fraction of sp³-hybridized carbons (Fsp3) is 0.381. The molecule has 0 radical (unpaired) electrons. The van der Waals surface area contributed by atoms with E-state index in [1.54, 1.807) is 18.2 Å². The van der Waals surface area contributed by atoms with Gasteiger partial charge in [-0.15, -0.1) is 24.0 Å². The molecule has 156 valence electrons. The number of para-hydroxylation sites is 1. The second kappa shape index (κ2) is 11.1. The molecule has 1 aliphatic rings. The predicted molar refractivity (Wildman–Crippen MR) is 125 cm³/mol. The molecule has 1 heterocycles. The predicted octanol–water partition coefficient (Wildman–Crippen LogP) is 4.06. The molecule has 0 saturated carbocycles. The molecule has 29 heavy (non-hydrogen) atoms. The highest BCUT2D eigenvalue weighted by molar-refractivity contribution is 14.0. The zero-order valence-corrected chi connectivity index (χ0v) is 19.0. The van der Waals surface area contributed by atoms with Crippen LogP contribution in [0, 0.1) is 17.0 Å². The largest absolute Gasteiger partial charge is 0.370 e. The highest BCUT2D eigenvalue weighted by atomic mass is 127. The van der Waals surface area contributed by atoms with Gasteiger partial charge in [-0.05, 0) is 25.0 Å². The SMILES string of the molecule is CCNC(=NCc1ccccc1[N+](=O)[O-])N1CCOC(c2ccccc2C)C1.I. The van der Waals surface area contributed by atoms with E-state index in [-0.39, 0.29) is 47.2 Å². The molecule has 0 aromatic heterocycles. The van der Waals surface area contributed by atoms with Crippen molar-refractivity contribution in [3.8, 4) is 0 Å². The Hall–Kier alpha value is -2.20. The Morgan fingerprint density at radius 3 is 2.72 bits per heavy atom. The van der Waals surface area contributed by atoms with E-state index < -0.39 is 0 Å². The van der Waals surface area contributed by atoms with Crippen molar-refractivity contribution in [2.24, 2.45) is 4.99 Å². The molecule has 1 saturated heterocycles. The number of ether oxygens (including phenoxy) is 1. The zero-order valence-electron chi connectivity index (χ0n) is 16.7. The summed E-state index contributed by atoms with van der Waals surface area (Å²) in [7, 11) is 0. The number of nitrogens with one attached hydrogen (secondary N) is 1. The van der Waals surface area contributed by atoms with Crippen LogP contribution in [0.15, 0.2) is 53.5 Å². The van der Waals surface area contributed by atoms with Crippen molar-refractivity contribution in [2.75, 3.05) is 26.2 Å². The molecule has 1 atom stereocenters. The molecule has 1 fully saturated rings. The van der Waals surface area contributed by atoms with Crippen LogP contribution in [0.4, 0.5) is 5.69 Å². The molecule has 1 unspecified atom stereocenters. The van der Waals surface area contributed by atoms with Crippen molar-refractivity contribution in [3.05, 3.63) is 75.3 Å². The molecule has 0 aliphatic carbocycles. The van der Waals surface area contributed by atoms with Crippen molar-refractivity contribution in [1.29, 1.82) is 0 Å². The van der Waals surface area contributed by atoms with E-state index in [9.17, 15) is 10.1 Å². The molecule has 0 spiro atoms. The number of hydrogen-bond donors (Lipinski definition) is 1. The van der Waals surface area contributed by atoms with Crippen LogP contribution in [0.2, 0.25) is 0 Å². The average molecular weight is 510 g/mol. The van der Waals surface area contributed by atoms with E-state index >= 15 is 0 Å². The minimum absolute atomic E-state index is 0.